The molecule has 4 heteroatoms. The molecular weight excluding hydrogens is 156 g/mol. The van der Waals surface area contributed by atoms with Gasteiger partial charge in [0.15, 0.2) is 0 Å². The van der Waals surface area contributed by atoms with E-state index in [1.807, 2.05) is 11.9 Å². The van der Waals surface area contributed by atoms with E-state index in [9.17, 15) is 5.11 Å². The van der Waals surface area contributed by atoms with Crippen molar-refractivity contribution < 1.29 is 9.84 Å². The topological polar surface area (TPSA) is 45.1 Å². The Bertz CT molecular complexity index is 196. The van der Waals surface area contributed by atoms with Gasteiger partial charge in [-0.15, -0.1) is 0 Å². The molecule has 1 rings (SSSR count). The highest BCUT2D eigenvalue weighted by Gasteiger charge is 2.36. The fraction of sp³-hybridized carbons (Fsp3) is 0.875. The van der Waals surface area contributed by atoms with Crippen LogP contribution in [0.3, 0.4) is 0 Å². The van der Waals surface area contributed by atoms with E-state index in [2.05, 4.69) is 4.99 Å². The van der Waals surface area contributed by atoms with E-state index in [1.165, 1.54) is 0 Å². The molecule has 12 heavy (non-hydrogen) atoms. The van der Waals surface area contributed by atoms with Crippen molar-refractivity contribution >= 4 is 6.02 Å². The summed E-state index contributed by atoms with van der Waals surface area (Å²) in [6.07, 6.45) is 0. The second kappa shape index (κ2) is 2.94. The highest BCUT2D eigenvalue weighted by atomic mass is 16.5. The van der Waals surface area contributed by atoms with E-state index in [0.29, 0.717) is 12.6 Å². The zero-order valence-corrected chi connectivity index (χ0v) is 8.03. The van der Waals surface area contributed by atoms with E-state index < -0.39 is 5.60 Å². The van der Waals surface area contributed by atoms with Crippen molar-refractivity contribution in [2.24, 2.45) is 4.99 Å². The van der Waals surface area contributed by atoms with E-state index in [1.54, 1.807) is 21.0 Å². The number of amidine groups is 1. The quantitative estimate of drug-likeness (QED) is 0.609. The van der Waals surface area contributed by atoms with Crippen LogP contribution in [0, 0.1) is 0 Å². The molecule has 1 atom stereocenters. The summed E-state index contributed by atoms with van der Waals surface area (Å²) >= 11 is 0. The first-order chi connectivity index (χ1) is 5.46. The predicted octanol–water partition coefficient (Wildman–Crippen LogP) is 0.0737. The highest BCUT2D eigenvalue weighted by Crippen LogP contribution is 2.19. The normalized spacial score (nSPS) is 24.2. The Morgan fingerprint density at radius 1 is 1.67 bits per heavy atom. The van der Waals surface area contributed by atoms with Gasteiger partial charge in [-0.1, -0.05) is 0 Å². The first-order valence-electron chi connectivity index (χ1n) is 4.00. The molecule has 0 unspecified atom stereocenters. The van der Waals surface area contributed by atoms with Crippen LogP contribution in [0.4, 0.5) is 0 Å². The molecule has 1 heterocycles. The Morgan fingerprint density at radius 2 is 2.25 bits per heavy atom. The average Bonchev–Trinajstić information content (AvgIpc) is 2.29. The van der Waals surface area contributed by atoms with Crippen LogP contribution in [-0.4, -0.2) is 48.4 Å². The highest BCUT2D eigenvalue weighted by molar-refractivity contribution is 5.75. The van der Waals surface area contributed by atoms with Crippen molar-refractivity contribution in [3.8, 4) is 0 Å². The van der Waals surface area contributed by atoms with Crippen molar-refractivity contribution in [3.05, 3.63) is 0 Å². The van der Waals surface area contributed by atoms with Gasteiger partial charge in [-0.3, -0.25) is 0 Å². The molecule has 0 bridgehead atoms. The monoisotopic (exact) mass is 172 g/mol. The number of hydrogen-bond acceptors (Lipinski definition) is 4. The minimum Gasteiger partial charge on any atom is -0.468 e. The number of ether oxygens (including phenoxy) is 1. The van der Waals surface area contributed by atoms with Crippen molar-refractivity contribution in [1.29, 1.82) is 0 Å². The summed E-state index contributed by atoms with van der Waals surface area (Å²) in [6, 6.07) is 0.620. The zero-order valence-electron chi connectivity index (χ0n) is 8.03. The Morgan fingerprint density at radius 3 is 2.50 bits per heavy atom. The lowest BCUT2D eigenvalue weighted by Gasteiger charge is -2.31. The van der Waals surface area contributed by atoms with Crippen LogP contribution in [0.25, 0.3) is 0 Å². The van der Waals surface area contributed by atoms with Gasteiger partial charge in [0.05, 0.1) is 25.3 Å². The molecule has 4 nitrogen and oxygen atoms in total. The molecule has 0 aromatic heterocycles. The van der Waals surface area contributed by atoms with Crippen LogP contribution in [-0.2, 0) is 4.74 Å². The number of aliphatic imine (C=N–C) groups is 1. The van der Waals surface area contributed by atoms with Gasteiger partial charge in [0.1, 0.15) is 0 Å². The summed E-state index contributed by atoms with van der Waals surface area (Å²) in [5.41, 5.74) is -0.738. The summed E-state index contributed by atoms with van der Waals surface area (Å²) in [4.78, 5) is 6.00. The van der Waals surface area contributed by atoms with Crippen molar-refractivity contribution in [2.75, 3.05) is 20.7 Å². The van der Waals surface area contributed by atoms with E-state index in [4.69, 9.17) is 4.74 Å². The lowest BCUT2D eigenvalue weighted by Crippen LogP contribution is -2.48. The van der Waals surface area contributed by atoms with Crippen LogP contribution in [0.15, 0.2) is 4.99 Å². The zero-order chi connectivity index (χ0) is 9.35. The molecule has 0 aromatic rings. The molecule has 0 fully saturated rings. The maximum atomic E-state index is 9.73. The Balaban J connectivity index is 2.67. The molecule has 1 aliphatic rings. The second-order valence-electron chi connectivity index (χ2n) is 3.61. The smallest absolute Gasteiger partial charge is 0.287 e. The largest absolute Gasteiger partial charge is 0.468 e. The van der Waals surface area contributed by atoms with Gasteiger partial charge in [-0.25, -0.2) is 4.99 Å². The van der Waals surface area contributed by atoms with Gasteiger partial charge in [-0.05, 0) is 13.8 Å². The van der Waals surface area contributed by atoms with Gasteiger partial charge >= 0.3 is 0 Å². The van der Waals surface area contributed by atoms with Crippen molar-refractivity contribution in [2.45, 2.75) is 25.5 Å². The van der Waals surface area contributed by atoms with E-state index in [0.717, 1.165) is 0 Å². The van der Waals surface area contributed by atoms with E-state index >= 15 is 0 Å². The van der Waals surface area contributed by atoms with Crippen molar-refractivity contribution in [3.63, 3.8) is 0 Å². The minimum atomic E-state index is -0.738. The van der Waals surface area contributed by atoms with Crippen LogP contribution < -0.4 is 0 Å². The fourth-order valence-electron chi connectivity index (χ4n) is 1.44. The molecule has 1 aliphatic heterocycles. The van der Waals surface area contributed by atoms with E-state index in [-0.39, 0.29) is 6.04 Å². The van der Waals surface area contributed by atoms with Gasteiger partial charge in [0.2, 0.25) is 0 Å². The number of methoxy groups -OCH3 is 1. The number of rotatable bonds is 1. The number of hydrogen-bond donors (Lipinski definition) is 1. The Hall–Kier alpha value is -0.770. The summed E-state index contributed by atoms with van der Waals surface area (Å²) in [5, 5.41) is 9.73. The average molecular weight is 172 g/mol. The SMILES string of the molecule is COC1=NC[C@H](C(C)(C)O)N1C. The van der Waals surface area contributed by atoms with Gasteiger partial charge < -0.3 is 14.7 Å². The minimum absolute atomic E-state index is 0.0208. The molecule has 0 saturated heterocycles. The Kier molecular flexibility index (Phi) is 2.28. The molecule has 0 spiro atoms. The lowest BCUT2D eigenvalue weighted by molar-refractivity contribution is 0.0164. The predicted molar refractivity (Wildman–Crippen MR) is 47.2 cm³/mol. The molecule has 0 amide bonds. The summed E-state index contributed by atoms with van der Waals surface area (Å²) in [6.45, 7) is 4.16. The first kappa shape index (κ1) is 9.32. The van der Waals surface area contributed by atoms with Crippen LogP contribution in [0.2, 0.25) is 0 Å². The molecule has 0 aliphatic carbocycles. The Labute approximate surface area is 72.9 Å². The third-order valence-electron chi connectivity index (χ3n) is 2.17. The number of likely N-dealkylation sites (N-methyl/N-ethyl adjacent to an activating group) is 1. The summed E-state index contributed by atoms with van der Waals surface area (Å²) in [7, 11) is 3.46. The van der Waals surface area contributed by atoms with Crippen LogP contribution >= 0.6 is 0 Å². The molecule has 70 valence electrons. The van der Waals surface area contributed by atoms with Gasteiger partial charge in [0.25, 0.3) is 6.02 Å². The maximum Gasteiger partial charge on any atom is 0.287 e. The van der Waals surface area contributed by atoms with Crippen LogP contribution in [0.5, 0.6) is 0 Å². The second-order valence-corrected chi connectivity index (χ2v) is 3.61. The first-order valence-corrected chi connectivity index (χ1v) is 4.00. The maximum absolute atomic E-state index is 9.73. The van der Waals surface area contributed by atoms with Gasteiger partial charge in [-0.2, -0.15) is 0 Å². The molecule has 0 aromatic carbocycles. The lowest BCUT2D eigenvalue weighted by atomic mass is 9.99. The van der Waals surface area contributed by atoms with Crippen molar-refractivity contribution in [1.82, 2.24) is 4.90 Å². The molecule has 0 saturated carbocycles. The summed E-state index contributed by atoms with van der Waals surface area (Å²) in [5.74, 6) is 0. The van der Waals surface area contributed by atoms with Gasteiger partial charge in [0, 0.05) is 7.05 Å². The molecular formula is C8H16N2O2. The summed E-state index contributed by atoms with van der Waals surface area (Å²) < 4.78 is 5.01. The molecule has 0 radical (unpaired) electrons. The fourth-order valence-corrected chi connectivity index (χ4v) is 1.44. The third kappa shape index (κ3) is 1.53. The standard InChI is InChI=1S/C8H16N2O2/c1-8(2,11)6-5-9-7(12-4)10(6)3/h6,11H,5H2,1-4H3/t6-/m1/s1. The van der Waals surface area contributed by atoms with Crippen LogP contribution in [0.1, 0.15) is 13.8 Å². The molecule has 1 N–H and O–H groups in total. The number of aliphatic hydroxyl groups is 1. The number of nitrogens with zero attached hydrogens (tertiary/aromatic N) is 2. The third-order valence-corrected chi connectivity index (χ3v) is 2.17.